The Balaban J connectivity index is 1.48. The number of nitrogens with zero attached hydrogens (tertiary/aromatic N) is 1. The van der Waals surface area contributed by atoms with Crippen LogP contribution in [-0.2, 0) is 9.59 Å². The monoisotopic (exact) mass is 282 g/mol. The molecule has 5 heteroatoms. The standard InChI is InChI=1S/C15H23FN2O2/c16-15(14(20)17-10-11-4-5-11)6-8-18(9-7-15)13(19)12-2-1-3-12/h11-12H,1-10H2,(H,17,20). The molecule has 1 N–H and O–H groups in total. The van der Waals surface area contributed by atoms with Gasteiger partial charge in [0.25, 0.3) is 5.91 Å². The molecule has 3 rings (SSSR count). The molecule has 0 atom stereocenters. The summed E-state index contributed by atoms with van der Waals surface area (Å²) < 4.78 is 14.6. The van der Waals surface area contributed by atoms with Gasteiger partial charge in [0.2, 0.25) is 5.91 Å². The number of rotatable bonds is 4. The lowest BCUT2D eigenvalue weighted by molar-refractivity contribution is -0.146. The third-order valence-electron chi connectivity index (χ3n) is 4.98. The van der Waals surface area contributed by atoms with E-state index in [9.17, 15) is 14.0 Å². The lowest BCUT2D eigenvalue weighted by Crippen LogP contribution is -2.53. The Bertz CT molecular complexity index is 397. The number of hydrogen-bond acceptors (Lipinski definition) is 2. The Morgan fingerprint density at radius 1 is 1.15 bits per heavy atom. The van der Waals surface area contributed by atoms with Crippen molar-refractivity contribution in [2.45, 2.75) is 50.6 Å². The van der Waals surface area contributed by atoms with Gasteiger partial charge in [-0.3, -0.25) is 9.59 Å². The number of alkyl halides is 1. The van der Waals surface area contributed by atoms with Crippen molar-refractivity contribution in [3.63, 3.8) is 0 Å². The van der Waals surface area contributed by atoms with Crippen molar-refractivity contribution in [3.05, 3.63) is 0 Å². The fourth-order valence-corrected chi connectivity index (χ4v) is 2.94. The Kier molecular flexibility index (Phi) is 3.69. The van der Waals surface area contributed by atoms with E-state index in [1.165, 1.54) is 0 Å². The number of hydrogen-bond donors (Lipinski definition) is 1. The molecule has 4 nitrogen and oxygen atoms in total. The average molecular weight is 282 g/mol. The normalized spacial score (nSPS) is 25.9. The maximum absolute atomic E-state index is 14.6. The Labute approximate surface area is 119 Å². The van der Waals surface area contributed by atoms with Gasteiger partial charge < -0.3 is 10.2 Å². The SMILES string of the molecule is O=C(C1CCC1)N1CCC(F)(C(=O)NCC2CC2)CC1. The predicted octanol–water partition coefficient (Wildman–Crippen LogP) is 1.64. The van der Waals surface area contributed by atoms with E-state index in [2.05, 4.69) is 5.32 Å². The van der Waals surface area contributed by atoms with E-state index in [1.807, 2.05) is 0 Å². The first kappa shape index (κ1) is 13.8. The molecule has 0 unspecified atom stereocenters. The molecule has 0 spiro atoms. The molecule has 0 aromatic carbocycles. The van der Waals surface area contributed by atoms with Crippen LogP contribution >= 0.6 is 0 Å². The number of halogens is 1. The molecule has 0 bridgehead atoms. The summed E-state index contributed by atoms with van der Waals surface area (Å²) >= 11 is 0. The van der Waals surface area contributed by atoms with Gasteiger partial charge in [-0.15, -0.1) is 0 Å². The first-order chi connectivity index (χ1) is 9.58. The summed E-state index contributed by atoms with van der Waals surface area (Å²) in [4.78, 5) is 25.8. The molecule has 20 heavy (non-hydrogen) atoms. The summed E-state index contributed by atoms with van der Waals surface area (Å²) in [7, 11) is 0. The van der Waals surface area contributed by atoms with E-state index >= 15 is 0 Å². The zero-order valence-corrected chi connectivity index (χ0v) is 11.9. The molecule has 112 valence electrons. The van der Waals surface area contributed by atoms with Crippen molar-refractivity contribution in [1.82, 2.24) is 10.2 Å². The summed E-state index contributed by atoms with van der Waals surface area (Å²) in [5.74, 6) is 0.408. The minimum atomic E-state index is -1.77. The summed E-state index contributed by atoms with van der Waals surface area (Å²) in [5.41, 5.74) is -1.77. The lowest BCUT2D eigenvalue weighted by atomic mass is 9.83. The van der Waals surface area contributed by atoms with E-state index in [4.69, 9.17) is 0 Å². The van der Waals surface area contributed by atoms with Gasteiger partial charge in [-0.25, -0.2) is 4.39 Å². The largest absolute Gasteiger partial charge is 0.353 e. The topological polar surface area (TPSA) is 49.4 Å². The van der Waals surface area contributed by atoms with Crippen LogP contribution in [0.4, 0.5) is 4.39 Å². The maximum atomic E-state index is 14.6. The van der Waals surface area contributed by atoms with Crippen LogP contribution in [-0.4, -0.2) is 42.0 Å². The molecule has 3 aliphatic rings. The number of carbonyl (C=O) groups is 2. The lowest BCUT2D eigenvalue weighted by Gasteiger charge is -2.38. The highest BCUT2D eigenvalue weighted by Crippen LogP contribution is 2.33. The van der Waals surface area contributed by atoms with Crippen LogP contribution in [0.3, 0.4) is 0 Å². The van der Waals surface area contributed by atoms with Crippen molar-refractivity contribution in [2.75, 3.05) is 19.6 Å². The van der Waals surface area contributed by atoms with E-state index < -0.39 is 11.6 Å². The number of nitrogens with one attached hydrogen (secondary N) is 1. The van der Waals surface area contributed by atoms with E-state index in [-0.39, 0.29) is 24.7 Å². The molecule has 1 heterocycles. The molecular weight excluding hydrogens is 259 g/mol. The minimum absolute atomic E-state index is 0.141. The minimum Gasteiger partial charge on any atom is -0.353 e. The van der Waals surface area contributed by atoms with Gasteiger partial charge in [0, 0.05) is 38.4 Å². The molecule has 2 amide bonds. The first-order valence-electron chi connectivity index (χ1n) is 7.84. The molecule has 2 aliphatic carbocycles. The Morgan fingerprint density at radius 2 is 1.80 bits per heavy atom. The van der Waals surface area contributed by atoms with Crippen LogP contribution in [0.5, 0.6) is 0 Å². The summed E-state index contributed by atoms with van der Waals surface area (Å²) in [6.07, 6.45) is 5.63. The van der Waals surface area contributed by atoms with Crippen molar-refractivity contribution in [2.24, 2.45) is 11.8 Å². The molecule has 0 aromatic heterocycles. The second-order valence-electron chi connectivity index (χ2n) is 6.57. The van der Waals surface area contributed by atoms with Gasteiger partial charge in [0.1, 0.15) is 0 Å². The van der Waals surface area contributed by atoms with Crippen LogP contribution in [0.1, 0.15) is 44.9 Å². The zero-order chi connectivity index (χ0) is 14.2. The average Bonchev–Trinajstić information content (AvgIpc) is 3.18. The zero-order valence-electron chi connectivity index (χ0n) is 11.9. The molecule has 0 radical (unpaired) electrons. The van der Waals surface area contributed by atoms with E-state index in [1.54, 1.807) is 4.90 Å². The smallest absolute Gasteiger partial charge is 0.257 e. The van der Waals surface area contributed by atoms with E-state index in [0.29, 0.717) is 25.6 Å². The highest BCUT2D eigenvalue weighted by molar-refractivity contribution is 5.86. The second kappa shape index (κ2) is 5.34. The highest BCUT2D eigenvalue weighted by atomic mass is 19.1. The quantitative estimate of drug-likeness (QED) is 0.852. The Hall–Kier alpha value is -1.13. The summed E-state index contributed by atoms with van der Waals surface area (Å²) in [5, 5.41) is 2.73. The molecule has 2 saturated carbocycles. The van der Waals surface area contributed by atoms with Gasteiger partial charge in [-0.2, -0.15) is 0 Å². The summed E-state index contributed by atoms with van der Waals surface area (Å²) in [6, 6.07) is 0. The molecular formula is C15H23FN2O2. The first-order valence-corrected chi connectivity index (χ1v) is 7.84. The Morgan fingerprint density at radius 3 is 2.30 bits per heavy atom. The third kappa shape index (κ3) is 2.81. The number of piperidine rings is 1. The van der Waals surface area contributed by atoms with Crippen molar-refractivity contribution in [1.29, 1.82) is 0 Å². The third-order valence-corrected chi connectivity index (χ3v) is 4.98. The molecule has 1 aliphatic heterocycles. The highest BCUT2D eigenvalue weighted by Gasteiger charge is 2.44. The summed E-state index contributed by atoms with van der Waals surface area (Å²) in [6.45, 7) is 1.36. The van der Waals surface area contributed by atoms with Gasteiger partial charge in [0.05, 0.1) is 0 Å². The van der Waals surface area contributed by atoms with Crippen molar-refractivity contribution < 1.29 is 14.0 Å². The van der Waals surface area contributed by atoms with Crippen LogP contribution in [0.15, 0.2) is 0 Å². The van der Waals surface area contributed by atoms with Crippen molar-refractivity contribution in [3.8, 4) is 0 Å². The molecule has 3 fully saturated rings. The van der Waals surface area contributed by atoms with Gasteiger partial charge >= 0.3 is 0 Å². The van der Waals surface area contributed by atoms with Crippen molar-refractivity contribution >= 4 is 11.8 Å². The van der Waals surface area contributed by atoms with Gasteiger partial charge in [0.15, 0.2) is 5.67 Å². The fourth-order valence-electron chi connectivity index (χ4n) is 2.94. The van der Waals surface area contributed by atoms with Gasteiger partial charge in [-0.1, -0.05) is 6.42 Å². The van der Waals surface area contributed by atoms with Crippen LogP contribution < -0.4 is 5.32 Å². The number of amides is 2. The predicted molar refractivity (Wildman–Crippen MR) is 72.7 cm³/mol. The van der Waals surface area contributed by atoms with Crippen LogP contribution in [0, 0.1) is 11.8 Å². The fraction of sp³-hybridized carbons (Fsp3) is 0.867. The molecule has 1 saturated heterocycles. The van der Waals surface area contributed by atoms with Crippen LogP contribution in [0.2, 0.25) is 0 Å². The van der Waals surface area contributed by atoms with Crippen LogP contribution in [0.25, 0.3) is 0 Å². The molecule has 0 aromatic rings. The second-order valence-corrected chi connectivity index (χ2v) is 6.57. The maximum Gasteiger partial charge on any atom is 0.257 e. The van der Waals surface area contributed by atoms with E-state index in [0.717, 1.165) is 32.1 Å². The number of likely N-dealkylation sites (tertiary alicyclic amines) is 1. The number of carbonyl (C=O) groups excluding carboxylic acids is 2. The van der Waals surface area contributed by atoms with Gasteiger partial charge in [-0.05, 0) is 31.6 Å².